The van der Waals surface area contributed by atoms with Crippen molar-refractivity contribution in [3.63, 3.8) is 0 Å². The van der Waals surface area contributed by atoms with Crippen LogP contribution in [0.4, 0.5) is 17.3 Å². The van der Waals surface area contributed by atoms with E-state index in [1.165, 1.54) is 12.4 Å². The fourth-order valence-corrected chi connectivity index (χ4v) is 2.75. The number of benzene rings is 2. The molecular weight excluding hydrogens is 352 g/mol. The monoisotopic (exact) mass is 376 g/mol. The molecule has 28 heavy (non-hydrogen) atoms. The number of hydrogen-bond donors (Lipinski definition) is 2. The van der Waals surface area contributed by atoms with Gasteiger partial charge in [-0.2, -0.15) is 0 Å². The molecule has 0 unspecified atom stereocenters. The quantitative estimate of drug-likeness (QED) is 0.641. The van der Waals surface area contributed by atoms with Crippen LogP contribution in [-0.4, -0.2) is 22.0 Å². The Bertz CT molecular complexity index is 948. The number of amides is 1. The van der Waals surface area contributed by atoms with Crippen LogP contribution < -0.4 is 15.4 Å². The summed E-state index contributed by atoms with van der Waals surface area (Å²) in [5, 5.41) is 6.07. The van der Waals surface area contributed by atoms with Crippen molar-refractivity contribution in [1.29, 1.82) is 0 Å². The number of ether oxygens (including phenoxy) is 1. The fourth-order valence-electron chi connectivity index (χ4n) is 2.75. The Labute approximate surface area is 165 Å². The van der Waals surface area contributed by atoms with Gasteiger partial charge in [-0.25, -0.2) is 9.97 Å². The van der Waals surface area contributed by atoms with Crippen LogP contribution in [0.1, 0.15) is 35.3 Å². The summed E-state index contributed by atoms with van der Waals surface area (Å²) < 4.78 is 5.79. The Morgan fingerprint density at radius 1 is 0.964 bits per heavy atom. The minimum atomic E-state index is -0.243. The van der Waals surface area contributed by atoms with Gasteiger partial charge in [0.25, 0.3) is 5.91 Å². The molecule has 0 spiro atoms. The lowest BCUT2D eigenvalue weighted by atomic mass is 10.1. The summed E-state index contributed by atoms with van der Waals surface area (Å²) in [6, 6.07) is 13.5. The number of aromatic nitrogens is 2. The highest BCUT2D eigenvalue weighted by atomic mass is 16.5. The van der Waals surface area contributed by atoms with E-state index in [4.69, 9.17) is 4.74 Å². The molecule has 0 atom stereocenters. The lowest BCUT2D eigenvalue weighted by Gasteiger charge is -2.15. The van der Waals surface area contributed by atoms with Gasteiger partial charge in [-0.05, 0) is 51.0 Å². The zero-order chi connectivity index (χ0) is 20.1. The summed E-state index contributed by atoms with van der Waals surface area (Å²) in [5.41, 5.74) is 3.99. The third-order valence-corrected chi connectivity index (χ3v) is 4.13. The molecule has 6 heteroatoms. The van der Waals surface area contributed by atoms with Gasteiger partial charge in [0.1, 0.15) is 5.75 Å². The molecule has 0 saturated carbocycles. The maximum Gasteiger partial charge on any atom is 0.258 e. The molecule has 144 valence electrons. The third kappa shape index (κ3) is 4.65. The highest BCUT2D eigenvalue weighted by Crippen LogP contribution is 2.27. The summed E-state index contributed by atoms with van der Waals surface area (Å²) in [7, 11) is 0. The van der Waals surface area contributed by atoms with Gasteiger partial charge in [-0.15, -0.1) is 0 Å². The first kappa shape index (κ1) is 19.4. The summed E-state index contributed by atoms with van der Waals surface area (Å²) >= 11 is 0. The maximum absolute atomic E-state index is 12.5. The molecule has 2 N–H and O–H groups in total. The van der Waals surface area contributed by atoms with E-state index in [1.807, 2.05) is 70.2 Å². The van der Waals surface area contributed by atoms with Crippen molar-refractivity contribution in [3.8, 4) is 5.75 Å². The van der Waals surface area contributed by atoms with E-state index < -0.39 is 0 Å². The Hall–Kier alpha value is -3.41. The van der Waals surface area contributed by atoms with Gasteiger partial charge >= 0.3 is 0 Å². The highest BCUT2D eigenvalue weighted by Gasteiger charge is 2.12. The van der Waals surface area contributed by atoms with Gasteiger partial charge < -0.3 is 15.4 Å². The zero-order valence-corrected chi connectivity index (χ0v) is 16.5. The smallest absolute Gasteiger partial charge is 0.258 e. The first-order chi connectivity index (χ1) is 13.4. The normalized spacial score (nSPS) is 10.6. The zero-order valence-electron chi connectivity index (χ0n) is 16.5. The molecule has 0 radical (unpaired) electrons. The topological polar surface area (TPSA) is 76.1 Å². The molecule has 0 saturated heterocycles. The highest BCUT2D eigenvalue weighted by molar-refractivity contribution is 6.04. The van der Waals surface area contributed by atoms with Gasteiger partial charge in [0.2, 0.25) is 5.95 Å². The fraction of sp³-hybridized carbons (Fsp3) is 0.227. The summed E-state index contributed by atoms with van der Waals surface area (Å²) in [4.78, 5) is 21.1. The lowest BCUT2D eigenvalue weighted by molar-refractivity contribution is 0.102. The van der Waals surface area contributed by atoms with E-state index in [0.717, 1.165) is 28.3 Å². The Kier molecular flexibility index (Phi) is 5.89. The van der Waals surface area contributed by atoms with Crippen molar-refractivity contribution >= 4 is 23.2 Å². The van der Waals surface area contributed by atoms with Crippen LogP contribution in [0.15, 0.2) is 54.9 Å². The van der Waals surface area contributed by atoms with Crippen molar-refractivity contribution in [2.24, 2.45) is 0 Å². The predicted molar refractivity (Wildman–Crippen MR) is 111 cm³/mol. The van der Waals surface area contributed by atoms with Gasteiger partial charge in [0.15, 0.2) is 0 Å². The molecule has 1 aromatic heterocycles. The molecule has 3 aromatic rings. The molecule has 2 aromatic carbocycles. The lowest BCUT2D eigenvalue weighted by Crippen LogP contribution is -2.15. The predicted octanol–water partition coefficient (Wildman–Crippen LogP) is 4.88. The number of carbonyl (C=O) groups is 1. The number of rotatable bonds is 6. The van der Waals surface area contributed by atoms with Crippen LogP contribution in [0, 0.1) is 13.8 Å². The minimum absolute atomic E-state index is 0.0554. The second-order valence-corrected chi connectivity index (χ2v) is 6.80. The maximum atomic E-state index is 12.5. The van der Waals surface area contributed by atoms with Crippen LogP contribution in [0.2, 0.25) is 0 Å². The average molecular weight is 376 g/mol. The Morgan fingerprint density at radius 2 is 1.61 bits per heavy atom. The largest absolute Gasteiger partial charge is 0.489 e. The van der Waals surface area contributed by atoms with Crippen molar-refractivity contribution in [1.82, 2.24) is 9.97 Å². The van der Waals surface area contributed by atoms with Gasteiger partial charge in [0, 0.05) is 18.1 Å². The molecule has 0 bridgehead atoms. The van der Waals surface area contributed by atoms with Crippen molar-refractivity contribution in [2.75, 3.05) is 10.6 Å². The summed E-state index contributed by atoms with van der Waals surface area (Å²) in [6.07, 6.45) is 3.06. The second-order valence-electron chi connectivity index (χ2n) is 6.80. The van der Waals surface area contributed by atoms with Crippen molar-refractivity contribution < 1.29 is 9.53 Å². The molecule has 6 nitrogen and oxygen atoms in total. The SMILES string of the molecule is Cc1cccc(C)c1NC(=O)c1cnc(Nc2ccccc2OC(C)C)nc1. The molecular formula is C22H24N4O2. The van der Waals surface area contributed by atoms with E-state index in [0.29, 0.717) is 11.5 Å². The van der Waals surface area contributed by atoms with Crippen LogP contribution in [-0.2, 0) is 0 Å². The third-order valence-electron chi connectivity index (χ3n) is 4.13. The number of carbonyl (C=O) groups excluding carboxylic acids is 1. The van der Waals surface area contributed by atoms with Crippen LogP contribution >= 0.6 is 0 Å². The van der Waals surface area contributed by atoms with Gasteiger partial charge in [-0.1, -0.05) is 30.3 Å². The molecule has 1 heterocycles. The minimum Gasteiger partial charge on any atom is -0.489 e. The first-order valence-corrected chi connectivity index (χ1v) is 9.16. The van der Waals surface area contributed by atoms with E-state index >= 15 is 0 Å². The number of anilines is 3. The van der Waals surface area contributed by atoms with Crippen molar-refractivity contribution in [2.45, 2.75) is 33.8 Å². The first-order valence-electron chi connectivity index (χ1n) is 9.16. The van der Waals surface area contributed by atoms with E-state index in [1.54, 1.807) is 0 Å². The Morgan fingerprint density at radius 3 is 2.25 bits per heavy atom. The molecule has 3 rings (SSSR count). The molecule has 0 aliphatic heterocycles. The number of para-hydroxylation sites is 3. The van der Waals surface area contributed by atoms with Crippen LogP contribution in [0.5, 0.6) is 5.75 Å². The van der Waals surface area contributed by atoms with E-state index in [2.05, 4.69) is 20.6 Å². The summed E-state index contributed by atoms with van der Waals surface area (Å²) in [5.74, 6) is 0.869. The standard InChI is InChI=1S/C22H24N4O2/c1-14(2)28-19-11-6-5-10-18(19)25-22-23-12-17(13-24-22)21(27)26-20-15(3)8-7-9-16(20)4/h5-14H,1-4H3,(H,26,27)(H,23,24,25). The van der Waals surface area contributed by atoms with E-state index in [9.17, 15) is 4.79 Å². The molecule has 0 aliphatic rings. The number of hydrogen-bond acceptors (Lipinski definition) is 5. The molecule has 0 aliphatic carbocycles. The van der Waals surface area contributed by atoms with Gasteiger partial charge in [0.05, 0.1) is 17.4 Å². The average Bonchev–Trinajstić information content (AvgIpc) is 2.66. The molecule has 0 fully saturated rings. The summed E-state index contributed by atoms with van der Waals surface area (Å²) in [6.45, 7) is 7.86. The Balaban J connectivity index is 1.73. The molecule has 1 amide bonds. The van der Waals surface area contributed by atoms with Crippen LogP contribution in [0.3, 0.4) is 0 Å². The van der Waals surface area contributed by atoms with Gasteiger partial charge in [-0.3, -0.25) is 4.79 Å². The van der Waals surface area contributed by atoms with Crippen molar-refractivity contribution in [3.05, 3.63) is 71.5 Å². The second kappa shape index (κ2) is 8.52. The van der Waals surface area contributed by atoms with Crippen LogP contribution in [0.25, 0.3) is 0 Å². The number of aryl methyl sites for hydroxylation is 2. The number of nitrogens with one attached hydrogen (secondary N) is 2. The number of nitrogens with zero attached hydrogens (tertiary/aromatic N) is 2. The van der Waals surface area contributed by atoms with E-state index in [-0.39, 0.29) is 12.0 Å².